The molecule has 10 heteroatoms. The van der Waals surface area contributed by atoms with Gasteiger partial charge >= 0.3 is 11.9 Å². The molecule has 1 aliphatic carbocycles. The Kier molecular flexibility index (Phi) is 10.8. The van der Waals surface area contributed by atoms with E-state index in [1.165, 1.54) is 6.08 Å². The maximum atomic E-state index is 13.6. The van der Waals surface area contributed by atoms with Crippen molar-refractivity contribution < 1.29 is 34.1 Å². The summed E-state index contributed by atoms with van der Waals surface area (Å²) in [5.74, 6) is -4.46. The van der Waals surface area contributed by atoms with Crippen molar-refractivity contribution in [3.8, 4) is 0 Å². The SMILES string of the molecule is Cc1nc(CCc2ccc(N3C(=O)C(CCC(O)C4=CCC(F)C=C4)C3c3ccc(CCCC(C(=O)O)C(=O)O)cc3)cc2)cs1. The first kappa shape index (κ1) is 33.2. The highest BCUT2D eigenvalue weighted by Crippen LogP contribution is 2.46. The van der Waals surface area contributed by atoms with Gasteiger partial charge in [0.1, 0.15) is 6.17 Å². The molecule has 2 heterocycles. The van der Waals surface area contributed by atoms with Gasteiger partial charge in [0.15, 0.2) is 5.92 Å². The Labute approximate surface area is 271 Å². The van der Waals surface area contributed by atoms with Gasteiger partial charge in [-0.05, 0) is 86.3 Å². The summed E-state index contributed by atoms with van der Waals surface area (Å²) in [6.07, 6.45) is 6.71. The Bertz CT molecular complexity index is 1590. The number of carboxylic acid groups (broad SMARTS) is 2. The average Bonchev–Trinajstić information content (AvgIpc) is 3.46. The molecule has 1 aliphatic heterocycles. The number of hydrogen-bond donors (Lipinski definition) is 3. The summed E-state index contributed by atoms with van der Waals surface area (Å²) in [5, 5.41) is 32.2. The molecular formula is C36H39FN2O6S. The largest absolute Gasteiger partial charge is 0.481 e. The first-order valence-corrected chi connectivity index (χ1v) is 16.6. The fourth-order valence-corrected chi connectivity index (χ4v) is 6.87. The van der Waals surface area contributed by atoms with Crippen LogP contribution in [0, 0.1) is 18.8 Å². The lowest BCUT2D eigenvalue weighted by molar-refractivity contribution is -0.154. The van der Waals surface area contributed by atoms with E-state index in [-0.39, 0.29) is 30.7 Å². The standard InChI is InChI=1S/C36H39FN2O6S/c1-22-38-28(21-46-22)16-7-24-8-17-29(18-9-24)39-33(30(34(39)41)19-20-32(40)25-12-14-27(37)15-13-25)26-10-5-23(6-11-26)3-2-4-31(35(42)43)36(44)45/h5-6,8-14,17-18,21,27,30-33,40H,2-4,7,15-16,19-20H2,1H3,(H,42,43)(H,44,45). The predicted octanol–water partition coefficient (Wildman–Crippen LogP) is 6.41. The van der Waals surface area contributed by atoms with Crippen molar-refractivity contribution >= 4 is 34.9 Å². The number of carbonyl (C=O) groups excluding carboxylic acids is 1. The van der Waals surface area contributed by atoms with E-state index in [1.54, 1.807) is 28.4 Å². The summed E-state index contributed by atoms with van der Waals surface area (Å²) in [6.45, 7) is 1.99. The van der Waals surface area contributed by atoms with E-state index < -0.39 is 30.1 Å². The van der Waals surface area contributed by atoms with Crippen LogP contribution in [-0.2, 0) is 33.6 Å². The molecule has 3 N–H and O–H groups in total. The Balaban J connectivity index is 1.28. The van der Waals surface area contributed by atoms with E-state index in [0.717, 1.165) is 45.9 Å². The van der Waals surface area contributed by atoms with Gasteiger partial charge < -0.3 is 20.2 Å². The van der Waals surface area contributed by atoms with Crippen LogP contribution in [0.15, 0.2) is 77.7 Å². The van der Waals surface area contributed by atoms with Gasteiger partial charge in [-0.15, -0.1) is 11.3 Å². The number of nitrogens with zero attached hydrogens (tertiary/aromatic N) is 2. The number of aliphatic carboxylic acids is 2. The molecule has 0 saturated carbocycles. The van der Waals surface area contributed by atoms with Crippen molar-refractivity contribution in [3.63, 3.8) is 0 Å². The molecule has 1 fully saturated rings. The van der Waals surface area contributed by atoms with Gasteiger partial charge in [0.25, 0.3) is 0 Å². The Morgan fingerprint density at radius 1 is 1.00 bits per heavy atom. The van der Waals surface area contributed by atoms with E-state index >= 15 is 0 Å². The molecule has 242 valence electrons. The second-order valence-electron chi connectivity index (χ2n) is 12.1. The Hall–Kier alpha value is -4.15. The van der Waals surface area contributed by atoms with Crippen molar-refractivity contribution in [1.82, 2.24) is 4.98 Å². The number of allylic oxidation sites excluding steroid dienone is 2. The van der Waals surface area contributed by atoms with Crippen LogP contribution in [0.4, 0.5) is 10.1 Å². The zero-order valence-corrected chi connectivity index (χ0v) is 26.5. The van der Waals surface area contributed by atoms with E-state index in [2.05, 4.69) is 10.4 Å². The highest BCUT2D eigenvalue weighted by atomic mass is 32.1. The van der Waals surface area contributed by atoms with Crippen molar-refractivity contribution in [3.05, 3.63) is 105 Å². The monoisotopic (exact) mass is 646 g/mol. The number of carboxylic acids is 2. The minimum absolute atomic E-state index is 0.0163. The van der Waals surface area contributed by atoms with Gasteiger partial charge in [-0.3, -0.25) is 14.4 Å². The molecule has 2 aromatic carbocycles. The lowest BCUT2D eigenvalue weighted by atomic mass is 9.77. The van der Waals surface area contributed by atoms with Gasteiger partial charge in [-0.1, -0.05) is 54.6 Å². The molecule has 1 aromatic heterocycles. The molecule has 0 bridgehead atoms. The van der Waals surface area contributed by atoms with Crippen molar-refractivity contribution in [2.24, 2.45) is 11.8 Å². The van der Waals surface area contributed by atoms with Crippen LogP contribution in [-0.4, -0.2) is 50.4 Å². The number of aryl methyl sites for hydroxylation is 4. The number of rotatable bonds is 15. The molecule has 46 heavy (non-hydrogen) atoms. The summed E-state index contributed by atoms with van der Waals surface area (Å²) in [5.41, 5.74) is 5.59. The van der Waals surface area contributed by atoms with Gasteiger partial charge in [0.05, 0.1) is 28.8 Å². The first-order valence-electron chi connectivity index (χ1n) is 15.7. The third-order valence-corrected chi connectivity index (χ3v) is 9.67. The summed E-state index contributed by atoms with van der Waals surface area (Å²) in [7, 11) is 0. The van der Waals surface area contributed by atoms with Gasteiger partial charge in [-0.25, -0.2) is 9.37 Å². The molecule has 2 aliphatic rings. The molecule has 1 saturated heterocycles. The number of thiazole rings is 1. The molecule has 3 aromatic rings. The van der Waals surface area contributed by atoms with E-state index in [4.69, 9.17) is 10.2 Å². The van der Waals surface area contributed by atoms with Crippen LogP contribution >= 0.6 is 11.3 Å². The number of aromatic nitrogens is 1. The zero-order valence-electron chi connectivity index (χ0n) is 25.7. The molecule has 0 radical (unpaired) electrons. The van der Waals surface area contributed by atoms with Gasteiger partial charge in [0.2, 0.25) is 5.91 Å². The second kappa shape index (κ2) is 15.0. The predicted molar refractivity (Wildman–Crippen MR) is 175 cm³/mol. The van der Waals surface area contributed by atoms with Crippen LogP contribution in [0.3, 0.4) is 0 Å². The van der Waals surface area contributed by atoms with E-state index in [9.17, 15) is 23.9 Å². The number of anilines is 1. The zero-order chi connectivity index (χ0) is 32.8. The molecule has 1 amide bonds. The first-order chi connectivity index (χ1) is 22.1. The van der Waals surface area contributed by atoms with Crippen LogP contribution < -0.4 is 4.90 Å². The molecule has 4 unspecified atom stereocenters. The smallest absolute Gasteiger partial charge is 0.317 e. The molecular weight excluding hydrogens is 607 g/mol. The fourth-order valence-electron chi connectivity index (χ4n) is 6.22. The number of β-lactam (4-membered cyclic amide) rings is 1. The molecule has 5 rings (SSSR count). The highest BCUT2D eigenvalue weighted by molar-refractivity contribution is 7.09. The van der Waals surface area contributed by atoms with Crippen LogP contribution in [0.25, 0.3) is 0 Å². The quantitative estimate of drug-likeness (QED) is 0.129. The molecule has 4 atom stereocenters. The number of aliphatic hydroxyl groups excluding tert-OH is 1. The lowest BCUT2D eigenvalue weighted by Crippen LogP contribution is -2.55. The molecule has 8 nitrogen and oxygen atoms in total. The summed E-state index contributed by atoms with van der Waals surface area (Å²) < 4.78 is 13.5. The normalized spacial score (nSPS) is 20.0. The number of alkyl halides is 1. The minimum atomic E-state index is -1.42. The maximum Gasteiger partial charge on any atom is 0.317 e. The van der Waals surface area contributed by atoms with Crippen LogP contribution in [0.5, 0.6) is 0 Å². The highest BCUT2D eigenvalue weighted by Gasteiger charge is 2.48. The second-order valence-corrected chi connectivity index (χ2v) is 13.1. The number of hydrogen-bond acceptors (Lipinski definition) is 6. The molecule has 0 spiro atoms. The minimum Gasteiger partial charge on any atom is -0.481 e. The Morgan fingerprint density at radius 3 is 2.28 bits per heavy atom. The average molecular weight is 647 g/mol. The maximum absolute atomic E-state index is 13.6. The number of amides is 1. The van der Waals surface area contributed by atoms with E-state index in [1.807, 2.05) is 55.5 Å². The number of aliphatic hydroxyl groups is 1. The van der Waals surface area contributed by atoms with Crippen molar-refractivity contribution in [2.45, 2.75) is 76.6 Å². The topological polar surface area (TPSA) is 128 Å². The van der Waals surface area contributed by atoms with Gasteiger partial charge in [-0.2, -0.15) is 0 Å². The van der Waals surface area contributed by atoms with Gasteiger partial charge in [0, 0.05) is 17.5 Å². The van der Waals surface area contributed by atoms with Crippen LogP contribution in [0.1, 0.15) is 65.5 Å². The van der Waals surface area contributed by atoms with Crippen LogP contribution in [0.2, 0.25) is 0 Å². The van der Waals surface area contributed by atoms with Crippen molar-refractivity contribution in [1.29, 1.82) is 0 Å². The van der Waals surface area contributed by atoms with Crippen molar-refractivity contribution in [2.75, 3.05) is 4.90 Å². The summed E-state index contributed by atoms with van der Waals surface area (Å²) in [6, 6.07) is 15.6. The lowest BCUT2D eigenvalue weighted by Gasteiger charge is -2.48. The summed E-state index contributed by atoms with van der Waals surface area (Å²) >= 11 is 1.64. The number of benzene rings is 2. The third-order valence-electron chi connectivity index (χ3n) is 8.85. The Morgan fingerprint density at radius 2 is 1.67 bits per heavy atom. The number of halogens is 1. The summed E-state index contributed by atoms with van der Waals surface area (Å²) in [4.78, 5) is 42.4. The fraction of sp³-hybridized carbons (Fsp3) is 0.389. The third kappa shape index (κ3) is 7.97. The van der Waals surface area contributed by atoms with E-state index in [0.29, 0.717) is 31.3 Å². The number of carbonyl (C=O) groups is 3.